The van der Waals surface area contributed by atoms with Crippen molar-refractivity contribution in [2.24, 2.45) is 0 Å². The fraction of sp³-hybridized carbons (Fsp3) is 0.500. The van der Waals surface area contributed by atoms with Gasteiger partial charge in [0, 0.05) is 32.6 Å². The first-order valence-electron chi connectivity index (χ1n) is 8.49. The molecule has 136 valence electrons. The van der Waals surface area contributed by atoms with Gasteiger partial charge in [-0.3, -0.25) is 19.3 Å². The van der Waals surface area contributed by atoms with Crippen LogP contribution in [0.5, 0.6) is 0 Å². The molecule has 0 saturated carbocycles. The van der Waals surface area contributed by atoms with Crippen LogP contribution in [0, 0.1) is 0 Å². The first-order valence-corrected chi connectivity index (χ1v) is 8.49. The summed E-state index contributed by atoms with van der Waals surface area (Å²) in [6.45, 7) is 2.32. The highest BCUT2D eigenvalue weighted by atomic mass is 16.5. The van der Waals surface area contributed by atoms with Gasteiger partial charge >= 0.3 is 5.97 Å². The number of nitrogens with zero attached hydrogens (tertiary/aromatic N) is 1. The maximum absolute atomic E-state index is 12.2. The summed E-state index contributed by atoms with van der Waals surface area (Å²) < 4.78 is 4.55. The van der Waals surface area contributed by atoms with Crippen LogP contribution in [0.25, 0.3) is 0 Å². The molecule has 1 fully saturated rings. The highest BCUT2D eigenvalue weighted by Gasteiger charge is 2.31. The van der Waals surface area contributed by atoms with Crippen LogP contribution in [-0.4, -0.2) is 55.5 Å². The van der Waals surface area contributed by atoms with E-state index in [0.29, 0.717) is 32.6 Å². The van der Waals surface area contributed by atoms with E-state index >= 15 is 0 Å². The van der Waals surface area contributed by atoms with Crippen LogP contribution in [0.1, 0.15) is 24.8 Å². The van der Waals surface area contributed by atoms with Crippen LogP contribution in [0.2, 0.25) is 0 Å². The van der Waals surface area contributed by atoms with E-state index in [0.717, 1.165) is 5.56 Å². The maximum atomic E-state index is 12.2. The lowest BCUT2D eigenvalue weighted by Gasteiger charge is -2.34. The predicted molar refractivity (Wildman–Crippen MR) is 92.5 cm³/mol. The summed E-state index contributed by atoms with van der Waals surface area (Å²) in [4.78, 5) is 37.4. The molecule has 0 aromatic heterocycles. The summed E-state index contributed by atoms with van der Waals surface area (Å²) in [5, 5.41) is 5.58. The average Bonchev–Trinajstić information content (AvgIpc) is 2.62. The van der Waals surface area contributed by atoms with Crippen molar-refractivity contribution in [1.82, 2.24) is 15.5 Å². The van der Waals surface area contributed by atoms with Crippen LogP contribution in [0.4, 0.5) is 0 Å². The van der Waals surface area contributed by atoms with Crippen LogP contribution < -0.4 is 10.6 Å². The minimum Gasteiger partial charge on any atom is -0.469 e. The van der Waals surface area contributed by atoms with Gasteiger partial charge in [0.25, 0.3) is 0 Å². The number of piperazine rings is 1. The molecule has 1 aromatic rings. The summed E-state index contributed by atoms with van der Waals surface area (Å²) in [7, 11) is 1.34. The summed E-state index contributed by atoms with van der Waals surface area (Å²) in [5.74, 6) is -0.605. The second kappa shape index (κ2) is 9.78. The molecule has 1 aromatic carbocycles. The van der Waals surface area contributed by atoms with Crippen molar-refractivity contribution in [3.63, 3.8) is 0 Å². The second-order valence-corrected chi connectivity index (χ2v) is 6.00. The van der Waals surface area contributed by atoms with E-state index in [4.69, 9.17) is 0 Å². The van der Waals surface area contributed by atoms with Gasteiger partial charge in [0.1, 0.15) is 0 Å². The zero-order chi connectivity index (χ0) is 18.1. The van der Waals surface area contributed by atoms with E-state index in [1.165, 1.54) is 7.11 Å². The van der Waals surface area contributed by atoms with Gasteiger partial charge in [-0.1, -0.05) is 30.3 Å². The van der Waals surface area contributed by atoms with E-state index < -0.39 is 6.04 Å². The maximum Gasteiger partial charge on any atom is 0.305 e. The van der Waals surface area contributed by atoms with Crippen LogP contribution >= 0.6 is 0 Å². The number of benzene rings is 1. The molecule has 2 N–H and O–H groups in total. The molecule has 2 amide bonds. The van der Waals surface area contributed by atoms with Crippen molar-refractivity contribution in [3.05, 3.63) is 35.9 Å². The SMILES string of the molecule is COC(=O)CCCNC(=O)CC1C(=O)NCCN1Cc1ccccc1. The lowest BCUT2D eigenvalue weighted by Crippen LogP contribution is -2.56. The van der Waals surface area contributed by atoms with Gasteiger partial charge < -0.3 is 15.4 Å². The Balaban J connectivity index is 1.84. The molecule has 0 bridgehead atoms. The van der Waals surface area contributed by atoms with Gasteiger partial charge in [0.05, 0.1) is 19.6 Å². The summed E-state index contributed by atoms with van der Waals surface area (Å²) in [6.07, 6.45) is 0.890. The van der Waals surface area contributed by atoms with Gasteiger partial charge in [0.2, 0.25) is 11.8 Å². The molecule has 0 radical (unpaired) electrons. The highest BCUT2D eigenvalue weighted by molar-refractivity contribution is 5.88. The number of hydrogen-bond acceptors (Lipinski definition) is 5. The summed E-state index contributed by atoms with van der Waals surface area (Å²) in [5.41, 5.74) is 1.11. The third kappa shape index (κ3) is 6.19. The Morgan fingerprint density at radius 1 is 1.32 bits per heavy atom. The topological polar surface area (TPSA) is 87.7 Å². The summed E-state index contributed by atoms with van der Waals surface area (Å²) in [6, 6.07) is 9.41. The number of hydrogen-bond donors (Lipinski definition) is 2. The number of carbonyl (C=O) groups excluding carboxylic acids is 3. The zero-order valence-electron chi connectivity index (χ0n) is 14.5. The van der Waals surface area contributed by atoms with Gasteiger partial charge in [-0.25, -0.2) is 0 Å². The molecule has 1 atom stereocenters. The minimum atomic E-state index is -0.477. The van der Waals surface area contributed by atoms with Crippen molar-refractivity contribution >= 4 is 17.8 Å². The Bertz CT molecular complexity index is 591. The fourth-order valence-electron chi connectivity index (χ4n) is 2.80. The number of methoxy groups -OCH3 is 1. The predicted octanol–water partition coefficient (Wildman–Crippen LogP) is 0.447. The van der Waals surface area contributed by atoms with E-state index in [-0.39, 0.29) is 30.6 Å². The van der Waals surface area contributed by atoms with E-state index in [2.05, 4.69) is 15.4 Å². The van der Waals surface area contributed by atoms with Crippen LogP contribution in [0.3, 0.4) is 0 Å². The molecule has 1 saturated heterocycles. The lowest BCUT2D eigenvalue weighted by molar-refractivity contribution is -0.140. The molecule has 2 rings (SSSR count). The van der Waals surface area contributed by atoms with E-state index in [1.54, 1.807) is 0 Å². The Kier molecular flexibility index (Phi) is 7.40. The Morgan fingerprint density at radius 2 is 2.08 bits per heavy atom. The Labute approximate surface area is 147 Å². The highest BCUT2D eigenvalue weighted by Crippen LogP contribution is 2.13. The smallest absolute Gasteiger partial charge is 0.305 e. The van der Waals surface area contributed by atoms with Crippen molar-refractivity contribution in [3.8, 4) is 0 Å². The van der Waals surface area contributed by atoms with Crippen molar-refractivity contribution < 1.29 is 19.1 Å². The molecule has 1 aliphatic heterocycles. The molecule has 1 aliphatic rings. The average molecular weight is 347 g/mol. The second-order valence-electron chi connectivity index (χ2n) is 6.00. The summed E-state index contributed by atoms with van der Waals surface area (Å²) >= 11 is 0. The third-order valence-corrected chi connectivity index (χ3v) is 4.16. The largest absolute Gasteiger partial charge is 0.469 e. The van der Waals surface area contributed by atoms with Crippen molar-refractivity contribution in [1.29, 1.82) is 0 Å². The molecule has 0 spiro atoms. The molecule has 7 nitrogen and oxygen atoms in total. The van der Waals surface area contributed by atoms with Gasteiger partial charge in [-0.05, 0) is 12.0 Å². The van der Waals surface area contributed by atoms with Crippen LogP contribution in [0.15, 0.2) is 30.3 Å². The third-order valence-electron chi connectivity index (χ3n) is 4.16. The number of amides is 2. The van der Waals surface area contributed by atoms with E-state index in [1.807, 2.05) is 35.2 Å². The van der Waals surface area contributed by atoms with Gasteiger partial charge in [0.15, 0.2) is 0 Å². The Morgan fingerprint density at radius 3 is 2.80 bits per heavy atom. The molecular weight excluding hydrogens is 322 g/mol. The Hall–Kier alpha value is -2.41. The quantitative estimate of drug-likeness (QED) is 0.526. The number of nitrogens with one attached hydrogen (secondary N) is 2. The minimum absolute atomic E-state index is 0.108. The molecule has 0 aliphatic carbocycles. The number of esters is 1. The zero-order valence-corrected chi connectivity index (χ0v) is 14.5. The van der Waals surface area contributed by atoms with Gasteiger partial charge in [-0.15, -0.1) is 0 Å². The van der Waals surface area contributed by atoms with Crippen molar-refractivity contribution in [2.75, 3.05) is 26.7 Å². The number of carbonyl (C=O) groups is 3. The normalized spacial score (nSPS) is 17.6. The van der Waals surface area contributed by atoms with Crippen molar-refractivity contribution in [2.45, 2.75) is 31.8 Å². The molecule has 25 heavy (non-hydrogen) atoms. The fourth-order valence-corrected chi connectivity index (χ4v) is 2.80. The molecule has 1 unspecified atom stereocenters. The standard InChI is InChI=1S/C18H25N3O4/c1-25-17(23)8-5-9-19-16(22)12-15-18(24)20-10-11-21(15)13-14-6-3-2-4-7-14/h2-4,6-7,15H,5,8-13H2,1H3,(H,19,22)(H,20,24). The number of ether oxygens (including phenoxy) is 1. The monoisotopic (exact) mass is 347 g/mol. The number of rotatable bonds is 8. The van der Waals surface area contributed by atoms with Crippen LogP contribution in [-0.2, 0) is 25.7 Å². The lowest BCUT2D eigenvalue weighted by atomic mass is 10.1. The molecular formula is C18H25N3O4. The van der Waals surface area contributed by atoms with Gasteiger partial charge in [-0.2, -0.15) is 0 Å². The van der Waals surface area contributed by atoms with E-state index in [9.17, 15) is 14.4 Å². The first-order chi connectivity index (χ1) is 12.1. The molecule has 7 heteroatoms. The molecule has 1 heterocycles. The first kappa shape index (κ1) is 18.9.